The summed E-state index contributed by atoms with van der Waals surface area (Å²) in [5.74, 6) is 0.600. The van der Waals surface area contributed by atoms with Crippen LogP contribution < -0.4 is 5.32 Å². The van der Waals surface area contributed by atoms with Crippen LogP contribution in [0, 0.1) is 11.8 Å². The molecule has 0 amide bonds. The fourth-order valence-corrected chi connectivity index (χ4v) is 4.80. The van der Waals surface area contributed by atoms with Gasteiger partial charge < -0.3 is 14.9 Å². The number of unbranched alkanes of at least 4 members (excludes halogenated alkanes) is 4. The van der Waals surface area contributed by atoms with E-state index in [-0.39, 0.29) is 24.0 Å². The van der Waals surface area contributed by atoms with Gasteiger partial charge in [0.05, 0.1) is 13.2 Å². The molecule has 5 heteroatoms. The lowest BCUT2D eigenvalue weighted by atomic mass is 9.80. The van der Waals surface area contributed by atoms with Crippen molar-refractivity contribution < 1.29 is 19.7 Å². The van der Waals surface area contributed by atoms with Gasteiger partial charge in [-0.25, -0.2) is 0 Å². The number of hydrogen-bond donors (Lipinski definition) is 3. The number of methoxy groups -OCH3 is 1. The molecule has 0 radical (unpaired) electrons. The Morgan fingerprint density at radius 2 is 2.07 bits per heavy atom. The molecular weight excluding hydrogens is 342 g/mol. The molecule has 27 heavy (non-hydrogen) atoms. The molecule has 5 atom stereocenters. The number of carbonyl (C=O) groups excluding carboxylic acids is 1. The van der Waals surface area contributed by atoms with Crippen molar-refractivity contribution in [2.24, 2.45) is 11.8 Å². The minimum absolute atomic E-state index is 0.140. The molecule has 1 heterocycles. The lowest BCUT2D eigenvalue weighted by Crippen LogP contribution is -2.56. The first kappa shape index (κ1) is 22.4. The Morgan fingerprint density at radius 1 is 1.26 bits per heavy atom. The average Bonchev–Trinajstić information content (AvgIpc) is 2.94. The number of allylic oxidation sites excluding steroid dienone is 2. The molecule has 0 spiro atoms. The van der Waals surface area contributed by atoms with E-state index in [0.717, 1.165) is 70.6 Å². The van der Waals surface area contributed by atoms with E-state index in [4.69, 9.17) is 0 Å². The van der Waals surface area contributed by atoms with Crippen molar-refractivity contribution >= 4 is 5.97 Å². The Balaban J connectivity index is 1.72. The molecule has 0 aromatic heterocycles. The highest BCUT2D eigenvalue weighted by molar-refractivity contribution is 5.68. The van der Waals surface area contributed by atoms with Crippen molar-refractivity contribution in [1.82, 2.24) is 5.32 Å². The molecule has 1 aliphatic carbocycles. The summed E-state index contributed by atoms with van der Waals surface area (Å²) < 4.78 is 4.64. The summed E-state index contributed by atoms with van der Waals surface area (Å²) >= 11 is 0. The van der Waals surface area contributed by atoms with E-state index >= 15 is 0 Å². The Labute approximate surface area is 164 Å². The van der Waals surface area contributed by atoms with Crippen molar-refractivity contribution in [3.05, 3.63) is 12.2 Å². The molecule has 156 valence electrons. The topological polar surface area (TPSA) is 78.8 Å². The van der Waals surface area contributed by atoms with Gasteiger partial charge in [0, 0.05) is 12.5 Å². The van der Waals surface area contributed by atoms with Crippen molar-refractivity contribution in [3.8, 4) is 0 Å². The normalized spacial score (nSPS) is 33.3. The number of ether oxygens (including phenoxy) is 1. The van der Waals surface area contributed by atoms with Crippen LogP contribution in [0.1, 0.15) is 84.0 Å². The second-order valence-electron chi connectivity index (χ2n) is 8.44. The zero-order chi connectivity index (χ0) is 19.7. The Morgan fingerprint density at radius 3 is 2.81 bits per heavy atom. The largest absolute Gasteiger partial charge is 0.469 e. The van der Waals surface area contributed by atoms with Crippen LogP contribution in [0.2, 0.25) is 0 Å². The predicted molar refractivity (Wildman–Crippen MR) is 107 cm³/mol. The monoisotopic (exact) mass is 381 g/mol. The van der Waals surface area contributed by atoms with Gasteiger partial charge in [-0.2, -0.15) is 0 Å². The molecule has 0 aromatic carbocycles. The Kier molecular flexibility index (Phi) is 9.27. The number of nitrogens with one attached hydrogen (secondary N) is 1. The van der Waals surface area contributed by atoms with E-state index in [2.05, 4.69) is 29.1 Å². The number of rotatable bonds is 11. The predicted octanol–water partition coefficient (Wildman–Crippen LogP) is 3.68. The van der Waals surface area contributed by atoms with Gasteiger partial charge in [-0.05, 0) is 69.6 Å². The molecule has 2 fully saturated rings. The Bertz CT molecular complexity index is 481. The summed E-state index contributed by atoms with van der Waals surface area (Å²) in [6, 6.07) is 0.235. The van der Waals surface area contributed by atoms with Crippen LogP contribution >= 0.6 is 0 Å². The third kappa shape index (κ3) is 6.88. The van der Waals surface area contributed by atoms with Gasteiger partial charge in [-0.1, -0.05) is 31.9 Å². The number of piperidine rings is 1. The maximum absolute atomic E-state index is 11.1. The van der Waals surface area contributed by atoms with Crippen LogP contribution in [-0.4, -0.2) is 41.2 Å². The first-order chi connectivity index (χ1) is 13.0. The summed E-state index contributed by atoms with van der Waals surface area (Å²) in [5.41, 5.74) is -0.736. The van der Waals surface area contributed by atoms with E-state index in [1.807, 2.05) is 0 Å². The second kappa shape index (κ2) is 11.2. The van der Waals surface area contributed by atoms with Gasteiger partial charge >= 0.3 is 5.97 Å². The third-order valence-electron chi connectivity index (χ3n) is 6.40. The maximum Gasteiger partial charge on any atom is 0.305 e. The molecule has 1 unspecified atom stereocenters. The molecule has 0 aromatic rings. The average molecular weight is 382 g/mol. The highest BCUT2D eigenvalue weighted by Gasteiger charge is 2.48. The fraction of sp³-hybridized carbons (Fsp3) is 0.864. The quantitative estimate of drug-likeness (QED) is 0.289. The van der Waals surface area contributed by atoms with E-state index in [1.165, 1.54) is 7.11 Å². The van der Waals surface area contributed by atoms with Crippen molar-refractivity contribution in [1.29, 1.82) is 0 Å². The summed E-state index contributed by atoms with van der Waals surface area (Å²) in [6.07, 6.45) is 15.0. The lowest BCUT2D eigenvalue weighted by Gasteiger charge is -2.41. The van der Waals surface area contributed by atoms with Crippen LogP contribution in [0.5, 0.6) is 0 Å². The van der Waals surface area contributed by atoms with Gasteiger partial charge in [-0.15, -0.1) is 0 Å². The van der Waals surface area contributed by atoms with Crippen LogP contribution in [-0.2, 0) is 9.53 Å². The van der Waals surface area contributed by atoms with Crippen LogP contribution in [0.3, 0.4) is 0 Å². The van der Waals surface area contributed by atoms with Crippen molar-refractivity contribution in [3.63, 3.8) is 0 Å². The number of hydrogen-bond acceptors (Lipinski definition) is 5. The number of aliphatic hydroxyl groups excluding tert-OH is 1. The molecule has 5 nitrogen and oxygen atoms in total. The highest BCUT2D eigenvalue weighted by Crippen LogP contribution is 2.43. The molecular formula is C22H39NO4. The minimum atomic E-state index is -0.736. The van der Waals surface area contributed by atoms with Crippen molar-refractivity contribution in [2.75, 3.05) is 7.11 Å². The summed E-state index contributed by atoms with van der Waals surface area (Å²) in [7, 11) is 1.43. The van der Waals surface area contributed by atoms with E-state index in [9.17, 15) is 15.0 Å². The second-order valence-corrected chi connectivity index (χ2v) is 8.44. The minimum Gasteiger partial charge on any atom is -0.469 e. The van der Waals surface area contributed by atoms with Crippen LogP contribution in [0.15, 0.2) is 12.2 Å². The van der Waals surface area contributed by atoms with Gasteiger partial charge in [0.25, 0.3) is 0 Å². The van der Waals surface area contributed by atoms with E-state index in [1.54, 1.807) is 0 Å². The third-order valence-corrected chi connectivity index (χ3v) is 6.40. The van der Waals surface area contributed by atoms with E-state index in [0.29, 0.717) is 12.3 Å². The molecule has 2 aliphatic rings. The molecule has 1 saturated carbocycles. The Hall–Kier alpha value is -0.910. The number of fused-ring (bicyclic) bond motifs is 1. The van der Waals surface area contributed by atoms with Crippen LogP contribution in [0.25, 0.3) is 0 Å². The number of esters is 1. The summed E-state index contributed by atoms with van der Waals surface area (Å²) in [4.78, 5) is 11.1. The number of carbonyl (C=O) groups is 1. The zero-order valence-electron chi connectivity index (χ0n) is 17.2. The van der Waals surface area contributed by atoms with E-state index < -0.39 is 5.72 Å². The standard InChI is InChI=1S/C22H39NO4/c1-3-4-10-14-22(26)15-13-17-18(20(24)16-19(17)23-22)11-8-6-5-7-9-12-21(25)27-2/h6,8,17-20,23-24,26H,3-5,7,9-16H2,1-2H3/b8-6-/t17-,18-,19-,20+,22?/m1/s1. The van der Waals surface area contributed by atoms with Gasteiger partial charge in [0.1, 0.15) is 5.72 Å². The zero-order valence-corrected chi connectivity index (χ0v) is 17.2. The fourth-order valence-electron chi connectivity index (χ4n) is 4.80. The lowest BCUT2D eigenvalue weighted by molar-refractivity contribution is -0.140. The molecule has 0 bridgehead atoms. The van der Waals surface area contributed by atoms with Crippen LogP contribution in [0.4, 0.5) is 0 Å². The van der Waals surface area contributed by atoms with Crippen molar-refractivity contribution in [2.45, 2.75) is 102 Å². The van der Waals surface area contributed by atoms with Gasteiger partial charge in [0.15, 0.2) is 0 Å². The molecule has 1 saturated heterocycles. The highest BCUT2D eigenvalue weighted by atomic mass is 16.5. The molecule has 1 aliphatic heterocycles. The number of aliphatic hydroxyl groups is 2. The maximum atomic E-state index is 11.1. The first-order valence-electron chi connectivity index (χ1n) is 10.9. The molecule has 3 N–H and O–H groups in total. The SMILES string of the molecule is CCCCCC1(O)CC[C@@H]2[C@@H](C/C=C\CCCCC(=O)OC)[C@@H](O)C[C@H]2N1. The molecule has 2 rings (SSSR count). The first-order valence-corrected chi connectivity index (χ1v) is 10.9. The van der Waals surface area contributed by atoms with Gasteiger partial charge in [0.2, 0.25) is 0 Å². The summed E-state index contributed by atoms with van der Waals surface area (Å²) in [5, 5.41) is 24.8. The van der Waals surface area contributed by atoms with Gasteiger partial charge in [-0.3, -0.25) is 10.1 Å². The summed E-state index contributed by atoms with van der Waals surface area (Å²) in [6.45, 7) is 2.18. The smallest absolute Gasteiger partial charge is 0.305 e.